The molecule has 1 N–H and O–H groups in total. The van der Waals surface area contributed by atoms with Gasteiger partial charge < -0.3 is 10.0 Å². The van der Waals surface area contributed by atoms with E-state index in [4.69, 9.17) is 0 Å². The van der Waals surface area contributed by atoms with Crippen LogP contribution < -0.4 is 4.90 Å². The van der Waals surface area contributed by atoms with Crippen LogP contribution in [0.4, 0.5) is 15.8 Å². The molecule has 0 aromatic heterocycles. The van der Waals surface area contributed by atoms with E-state index in [9.17, 15) is 14.3 Å². The Morgan fingerprint density at radius 1 is 1.14 bits per heavy atom. The molecule has 2 aromatic carbocycles. The zero-order valence-corrected chi connectivity index (χ0v) is 11.9. The number of unbranched alkanes of at least 4 members (excludes halogenated alkanes) is 1. The molecule has 4 heteroatoms. The standard InChI is InChI=1S/C17H18FNO2/c1-2-3-12-19(13-8-5-4-6-9-13)16-14(17(20)21)10-7-11-15(16)18/h4-11H,2-3,12H2,1H3,(H,20,21). The molecule has 0 unspecified atom stereocenters. The lowest BCUT2D eigenvalue weighted by Crippen LogP contribution is -2.22. The van der Waals surface area contributed by atoms with Crippen molar-refractivity contribution in [2.45, 2.75) is 19.8 Å². The summed E-state index contributed by atoms with van der Waals surface area (Å²) in [6, 6.07) is 13.4. The van der Waals surface area contributed by atoms with Crippen molar-refractivity contribution in [3.8, 4) is 0 Å². The number of hydrogen-bond acceptors (Lipinski definition) is 2. The summed E-state index contributed by atoms with van der Waals surface area (Å²) < 4.78 is 14.3. The first kappa shape index (κ1) is 15.0. The number of nitrogens with zero attached hydrogens (tertiary/aromatic N) is 1. The van der Waals surface area contributed by atoms with Gasteiger partial charge >= 0.3 is 5.97 Å². The van der Waals surface area contributed by atoms with Crippen molar-refractivity contribution in [3.63, 3.8) is 0 Å². The minimum absolute atomic E-state index is 0.0186. The van der Waals surface area contributed by atoms with Crippen molar-refractivity contribution in [2.75, 3.05) is 11.4 Å². The summed E-state index contributed by atoms with van der Waals surface area (Å²) in [6.07, 6.45) is 1.79. The van der Waals surface area contributed by atoms with Crippen LogP contribution in [0.5, 0.6) is 0 Å². The third-order valence-corrected chi connectivity index (χ3v) is 3.29. The fourth-order valence-corrected chi connectivity index (χ4v) is 2.26. The Morgan fingerprint density at radius 3 is 2.48 bits per heavy atom. The van der Waals surface area contributed by atoms with Crippen molar-refractivity contribution in [1.82, 2.24) is 0 Å². The van der Waals surface area contributed by atoms with Crippen LogP contribution >= 0.6 is 0 Å². The maximum Gasteiger partial charge on any atom is 0.337 e. The first-order valence-corrected chi connectivity index (χ1v) is 6.99. The SMILES string of the molecule is CCCCN(c1ccccc1)c1c(F)cccc1C(=O)O. The van der Waals surface area contributed by atoms with Crippen molar-refractivity contribution >= 4 is 17.3 Å². The number of carboxylic acids is 1. The van der Waals surface area contributed by atoms with Crippen molar-refractivity contribution in [1.29, 1.82) is 0 Å². The number of aromatic carboxylic acids is 1. The number of hydrogen-bond donors (Lipinski definition) is 1. The van der Waals surface area contributed by atoms with Gasteiger partial charge in [0.25, 0.3) is 0 Å². The van der Waals surface area contributed by atoms with Gasteiger partial charge in [0.15, 0.2) is 0 Å². The van der Waals surface area contributed by atoms with Gasteiger partial charge in [-0.25, -0.2) is 9.18 Å². The van der Waals surface area contributed by atoms with Crippen LogP contribution in [0, 0.1) is 5.82 Å². The van der Waals surface area contributed by atoms with Crippen molar-refractivity contribution in [3.05, 3.63) is 59.9 Å². The van der Waals surface area contributed by atoms with Crippen LogP contribution in [0.25, 0.3) is 0 Å². The summed E-state index contributed by atoms with van der Waals surface area (Å²) in [7, 11) is 0. The van der Waals surface area contributed by atoms with Gasteiger partial charge in [-0.15, -0.1) is 0 Å². The van der Waals surface area contributed by atoms with Gasteiger partial charge in [0, 0.05) is 12.2 Å². The highest BCUT2D eigenvalue weighted by Crippen LogP contribution is 2.31. The molecule has 0 amide bonds. The van der Waals surface area contributed by atoms with Gasteiger partial charge in [0.05, 0.1) is 11.3 Å². The largest absolute Gasteiger partial charge is 0.478 e. The number of para-hydroxylation sites is 2. The zero-order chi connectivity index (χ0) is 15.2. The van der Waals surface area contributed by atoms with Gasteiger partial charge in [0.2, 0.25) is 0 Å². The Bertz CT molecular complexity index is 613. The van der Waals surface area contributed by atoms with Crippen molar-refractivity contribution < 1.29 is 14.3 Å². The van der Waals surface area contributed by atoms with Crippen LogP contribution in [0.15, 0.2) is 48.5 Å². The first-order chi connectivity index (χ1) is 10.1. The predicted molar refractivity (Wildman–Crippen MR) is 81.7 cm³/mol. The van der Waals surface area contributed by atoms with E-state index >= 15 is 0 Å². The van der Waals surface area contributed by atoms with E-state index < -0.39 is 11.8 Å². The van der Waals surface area contributed by atoms with Gasteiger partial charge in [-0.05, 0) is 30.7 Å². The molecule has 0 radical (unpaired) electrons. The van der Waals surface area contributed by atoms with E-state index in [1.165, 1.54) is 18.2 Å². The minimum atomic E-state index is -1.12. The van der Waals surface area contributed by atoms with Crippen LogP contribution in [0.1, 0.15) is 30.1 Å². The lowest BCUT2D eigenvalue weighted by atomic mass is 10.1. The number of halogens is 1. The number of carbonyl (C=O) groups is 1. The molecular weight excluding hydrogens is 269 g/mol. The van der Waals surface area contributed by atoms with E-state index in [-0.39, 0.29) is 11.3 Å². The van der Waals surface area contributed by atoms with E-state index in [2.05, 4.69) is 0 Å². The van der Waals surface area contributed by atoms with Gasteiger partial charge in [-0.3, -0.25) is 0 Å². The maximum absolute atomic E-state index is 14.3. The molecule has 0 fully saturated rings. The lowest BCUT2D eigenvalue weighted by Gasteiger charge is -2.26. The van der Waals surface area contributed by atoms with E-state index in [0.717, 1.165) is 18.5 Å². The molecule has 3 nitrogen and oxygen atoms in total. The van der Waals surface area contributed by atoms with Crippen molar-refractivity contribution in [2.24, 2.45) is 0 Å². The Labute approximate surface area is 123 Å². The highest BCUT2D eigenvalue weighted by molar-refractivity contribution is 5.95. The molecule has 0 saturated carbocycles. The molecule has 2 rings (SSSR count). The van der Waals surface area contributed by atoms with Gasteiger partial charge in [-0.1, -0.05) is 37.6 Å². The van der Waals surface area contributed by atoms with Crippen LogP contribution in [-0.2, 0) is 0 Å². The Hall–Kier alpha value is -2.36. The molecule has 0 atom stereocenters. The van der Waals surface area contributed by atoms with Gasteiger partial charge in [0.1, 0.15) is 5.82 Å². The average Bonchev–Trinajstić information content (AvgIpc) is 2.49. The Morgan fingerprint density at radius 2 is 1.86 bits per heavy atom. The molecule has 0 saturated heterocycles. The Kier molecular flexibility index (Phi) is 4.93. The third kappa shape index (κ3) is 3.40. The fraction of sp³-hybridized carbons (Fsp3) is 0.235. The molecule has 110 valence electrons. The summed E-state index contributed by atoms with van der Waals surface area (Å²) in [5.41, 5.74) is 0.901. The van der Waals surface area contributed by atoms with E-state index in [1.54, 1.807) is 4.90 Å². The number of anilines is 2. The zero-order valence-electron chi connectivity index (χ0n) is 11.9. The molecule has 0 aliphatic carbocycles. The number of rotatable bonds is 6. The quantitative estimate of drug-likeness (QED) is 0.852. The monoisotopic (exact) mass is 287 g/mol. The smallest absolute Gasteiger partial charge is 0.337 e. The Balaban J connectivity index is 2.54. The molecule has 2 aromatic rings. The second-order valence-electron chi connectivity index (χ2n) is 4.78. The molecule has 0 bridgehead atoms. The highest BCUT2D eigenvalue weighted by atomic mass is 19.1. The second kappa shape index (κ2) is 6.88. The summed E-state index contributed by atoms with van der Waals surface area (Å²) in [5.74, 6) is -1.64. The molecule has 0 aliphatic rings. The molecular formula is C17H18FNO2. The predicted octanol–water partition coefficient (Wildman–Crippen LogP) is 4.46. The minimum Gasteiger partial charge on any atom is -0.478 e. The maximum atomic E-state index is 14.3. The van der Waals surface area contributed by atoms with Gasteiger partial charge in [-0.2, -0.15) is 0 Å². The fourth-order valence-electron chi connectivity index (χ4n) is 2.26. The van der Waals surface area contributed by atoms with Crippen LogP contribution in [0.3, 0.4) is 0 Å². The second-order valence-corrected chi connectivity index (χ2v) is 4.78. The molecule has 0 heterocycles. The molecule has 0 aliphatic heterocycles. The van der Waals surface area contributed by atoms with Crippen LogP contribution in [-0.4, -0.2) is 17.6 Å². The molecule has 21 heavy (non-hydrogen) atoms. The average molecular weight is 287 g/mol. The summed E-state index contributed by atoms with van der Waals surface area (Å²) in [6.45, 7) is 2.62. The normalized spacial score (nSPS) is 10.4. The topological polar surface area (TPSA) is 40.5 Å². The number of carboxylic acid groups (broad SMARTS) is 1. The van der Waals surface area contributed by atoms with Crippen LogP contribution in [0.2, 0.25) is 0 Å². The van der Waals surface area contributed by atoms with E-state index in [0.29, 0.717) is 6.54 Å². The summed E-state index contributed by atoms with van der Waals surface area (Å²) in [4.78, 5) is 13.1. The lowest BCUT2D eigenvalue weighted by molar-refractivity contribution is 0.0697. The van der Waals surface area contributed by atoms with E-state index in [1.807, 2.05) is 37.3 Å². The summed E-state index contributed by atoms with van der Waals surface area (Å²) in [5, 5.41) is 9.32. The third-order valence-electron chi connectivity index (χ3n) is 3.29. The highest BCUT2D eigenvalue weighted by Gasteiger charge is 2.21. The number of benzene rings is 2. The molecule has 0 spiro atoms. The first-order valence-electron chi connectivity index (χ1n) is 6.99. The summed E-state index contributed by atoms with van der Waals surface area (Å²) >= 11 is 0.